The Bertz CT molecular complexity index is 841. The van der Waals surface area contributed by atoms with Gasteiger partial charge in [0.25, 0.3) is 0 Å². The number of hydrogen-bond donors (Lipinski definition) is 0. The Labute approximate surface area is 149 Å². The van der Waals surface area contributed by atoms with Crippen molar-refractivity contribution >= 4 is 11.0 Å². The SMILES string of the molecule is Cc1cc2oc(=O)cc(CN3C[C@H]4CC[C@@H](C3)C4N(C)C)c2cc1C. The first kappa shape index (κ1) is 16.8. The highest BCUT2D eigenvalue weighted by Crippen LogP contribution is 2.39. The maximum atomic E-state index is 12.0. The molecular formula is C21H28N2O2. The average molecular weight is 340 g/mol. The lowest BCUT2D eigenvalue weighted by Gasteiger charge is -2.41. The second-order valence-corrected chi connectivity index (χ2v) is 8.27. The van der Waals surface area contributed by atoms with Gasteiger partial charge in [-0.25, -0.2) is 4.79 Å². The van der Waals surface area contributed by atoms with Gasteiger partial charge in [0.05, 0.1) is 0 Å². The molecule has 2 heterocycles. The Morgan fingerprint density at radius 3 is 2.36 bits per heavy atom. The number of aryl methyl sites for hydroxylation is 2. The number of fused-ring (bicyclic) bond motifs is 3. The number of nitrogens with zero attached hydrogens (tertiary/aromatic N) is 2. The molecule has 4 heteroatoms. The van der Waals surface area contributed by atoms with Gasteiger partial charge in [-0.1, -0.05) is 0 Å². The highest BCUT2D eigenvalue weighted by atomic mass is 16.4. The number of hydrogen-bond acceptors (Lipinski definition) is 4. The molecule has 134 valence electrons. The van der Waals surface area contributed by atoms with Gasteiger partial charge in [-0.2, -0.15) is 0 Å². The first-order valence-corrected chi connectivity index (χ1v) is 9.35. The minimum absolute atomic E-state index is 0.239. The van der Waals surface area contributed by atoms with Gasteiger partial charge in [0.15, 0.2) is 0 Å². The largest absolute Gasteiger partial charge is 0.423 e. The molecule has 1 aliphatic heterocycles. The van der Waals surface area contributed by atoms with Crippen molar-refractivity contribution in [2.75, 3.05) is 27.2 Å². The van der Waals surface area contributed by atoms with Crippen LogP contribution in [0, 0.1) is 25.7 Å². The van der Waals surface area contributed by atoms with Crippen LogP contribution in [0.15, 0.2) is 27.4 Å². The van der Waals surface area contributed by atoms with Crippen molar-refractivity contribution in [3.63, 3.8) is 0 Å². The second kappa shape index (κ2) is 6.26. The molecule has 2 aromatic rings. The van der Waals surface area contributed by atoms with Gasteiger partial charge in [-0.05, 0) is 81.4 Å². The van der Waals surface area contributed by atoms with Crippen LogP contribution in [0.25, 0.3) is 11.0 Å². The quantitative estimate of drug-likeness (QED) is 0.804. The summed E-state index contributed by atoms with van der Waals surface area (Å²) in [5, 5.41) is 1.09. The van der Waals surface area contributed by atoms with Crippen molar-refractivity contribution in [1.82, 2.24) is 9.80 Å². The summed E-state index contributed by atoms with van der Waals surface area (Å²) in [6.07, 6.45) is 2.67. The van der Waals surface area contributed by atoms with E-state index in [0.717, 1.165) is 59.6 Å². The minimum atomic E-state index is -0.239. The average Bonchev–Trinajstić information content (AvgIpc) is 2.81. The molecule has 2 aliphatic rings. The van der Waals surface area contributed by atoms with Crippen LogP contribution in [-0.4, -0.2) is 43.0 Å². The topological polar surface area (TPSA) is 36.7 Å². The third kappa shape index (κ3) is 3.02. The van der Waals surface area contributed by atoms with Crippen molar-refractivity contribution in [2.45, 2.75) is 39.3 Å². The molecule has 25 heavy (non-hydrogen) atoms. The lowest BCUT2D eigenvalue weighted by atomic mass is 9.91. The van der Waals surface area contributed by atoms with E-state index in [1.54, 1.807) is 6.07 Å². The van der Waals surface area contributed by atoms with Gasteiger partial charge in [0, 0.05) is 37.1 Å². The maximum Gasteiger partial charge on any atom is 0.336 e. The van der Waals surface area contributed by atoms with Crippen molar-refractivity contribution in [3.8, 4) is 0 Å². The minimum Gasteiger partial charge on any atom is -0.423 e. The molecule has 1 saturated carbocycles. The number of likely N-dealkylation sites (tertiary alicyclic amines) is 1. The van der Waals surface area contributed by atoms with E-state index in [9.17, 15) is 4.79 Å². The summed E-state index contributed by atoms with van der Waals surface area (Å²) in [5.41, 5.74) is 4.00. The van der Waals surface area contributed by atoms with E-state index in [1.165, 1.54) is 18.4 Å². The van der Waals surface area contributed by atoms with Crippen LogP contribution in [0.4, 0.5) is 0 Å². The predicted molar refractivity (Wildman–Crippen MR) is 101 cm³/mol. The van der Waals surface area contributed by atoms with Gasteiger partial charge in [-0.15, -0.1) is 0 Å². The van der Waals surface area contributed by atoms with Gasteiger partial charge in [-0.3, -0.25) is 4.90 Å². The molecule has 1 aliphatic carbocycles. The lowest BCUT2D eigenvalue weighted by molar-refractivity contribution is 0.0716. The summed E-state index contributed by atoms with van der Waals surface area (Å²) in [4.78, 5) is 17.0. The van der Waals surface area contributed by atoms with E-state index in [-0.39, 0.29) is 5.63 Å². The summed E-state index contributed by atoms with van der Waals surface area (Å²) in [5.74, 6) is 1.51. The van der Waals surface area contributed by atoms with E-state index in [2.05, 4.69) is 43.8 Å². The van der Waals surface area contributed by atoms with Crippen molar-refractivity contribution < 1.29 is 4.42 Å². The summed E-state index contributed by atoms with van der Waals surface area (Å²) >= 11 is 0. The summed E-state index contributed by atoms with van der Waals surface area (Å²) in [6, 6.07) is 6.58. The van der Waals surface area contributed by atoms with Crippen LogP contribution in [0.2, 0.25) is 0 Å². The zero-order valence-electron chi connectivity index (χ0n) is 15.7. The smallest absolute Gasteiger partial charge is 0.336 e. The van der Waals surface area contributed by atoms with Crippen LogP contribution in [-0.2, 0) is 6.54 Å². The Kier molecular flexibility index (Phi) is 4.20. The molecule has 4 nitrogen and oxygen atoms in total. The predicted octanol–water partition coefficient (Wildman–Crippen LogP) is 3.18. The first-order chi connectivity index (χ1) is 11.9. The molecule has 0 amide bonds. The molecule has 1 aromatic heterocycles. The molecular weight excluding hydrogens is 312 g/mol. The van der Waals surface area contributed by atoms with E-state index < -0.39 is 0 Å². The molecule has 0 radical (unpaired) electrons. The van der Waals surface area contributed by atoms with Gasteiger partial charge >= 0.3 is 5.63 Å². The highest BCUT2D eigenvalue weighted by Gasteiger charge is 2.42. The third-order valence-electron chi connectivity index (χ3n) is 6.29. The molecule has 1 saturated heterocycles. The second-order valence-electron chi connectivity index (χ2n) is 8.27. The molecule has 1 unspecified atom stereocenters. The Morgan fingerprint density at radius 2 is 1.72 bits per heavy atom. The summed E-state index contributed by atoms with van der Waals surface area (Å²) < 4.78 is 5.45. The van der Waals surface area contributed by atoms with Crippen LogP contribution in [0.1, 0.15) is 29.5 Å². The number of piperidine rings is 1. The normalized spacial score (nSPS) is 26.7. The zero-order chi connectivity index (χ0) is 17.7. The van der Waals surface area contributed by atoms with E-state index in [0.29, 0.717) is 0 Å². The van der Waals surface area contributed by atoms with Crippen LogP contribution in [0.5, 0.6) is 0 Å². The Morgan fingerprint density at radius 1 is 1.08 bits per heavy atom. The highest BCUT2D eigenvalue weighted by molar-refractivity contribution is 5.81. The van der Waals surface area contributed by atoms with E-state index in [4.69, 9.17) is 4.42 Å². The van der Waals surface area contributed by atoms with Crippen molar-refractivity contribution in [1.29, 1.82) is 0 Å². The monoisotopic (exact) mass is 340 g/mol. The fraction of sp³-hybridized carbons (Fsp3) is 0.571. The van der Waals surface area contributed by atoms with Crippen LogP contribution >= 0.6 is 0 Å². The molecule has 2 fully saturated rings. The fourth-order valence-electron chi connectivity index (χ4n) is 5.12. The van der Waals surface area contributed by atoms with Crippen LogP contribution < -0.4 is 5.63 Å². The van der Waals surface area contributed by atoms with Gasteiger partial charge in [0.2, 0.25) is 0 Å². The Hall–Kier alpha value is -1.65. The standard InChI is InChI=1S/C21H28N2O2/c1-13-7-18-17(9-20(24)25-19(18)8-14(13)2)12-23-10-15-5-6-16(11-23)21(15)22(3)4/h7-9,15-16,21H,5-6,10-12H2,1-4H3/t15-,16+,21?. The number of rotatable bonds is 3. The summed E-state index contributed by atoms with van der Waals surface area (Å²) in [6.45, 7) is 7.28. The lowest BCUT2D eigenvalue weighted by Crippen LogP contribution is -2.50. The summed E-state index contributed by atoms with van der Waals surface area (Å²) in [7, 11) is 4.43. The fourth-order valence-corrected chi connectivity index (χ4v) is 5.12. The van der Waals surface area contributed by atoms with Crippen molar-refractivity contribution in [2.24, 2.45) is 11.8 Å². The van der Waals surface area contributed by atoms with Gasteiger partial charge < -0.3 is 9.32 Å². The number of benzene rings is 1. The molecule has 1 aromatic carbocycles. The van der Waals surface area contributed by atoms with E-state index >= 15 is 0 Å². The zero-order valence-corrected chi connectivity index (χ0v) is 15.7. The maximum absolute atomic E-state index is 12.0. The molecule has 0 spiro atoms. The third-order valence-corrected chi connectivity index (χ3v) is 6.29. The molecule has 3 atom stereocenters. The van der Waals surface area contributed by atoms with E-state index in [1.807, 2.05) is 6.07 Å². The Balaban J connectivity index is 1.64. The molecule has 0 N–H and O–H groups in total. The first-order valence-electron chi connectivity index (χ1n) is 9.35. The van der Waals surface area contributed by atoms with Crippen molar-refractivity contribution in [3.05, 3.63) is 45.3 Å². The van der Waals surface area contributed by atoms with Crippen LogP contribution in [0.3, 0.4) is 0 Å². The van der Waals surface area contributed by atoms with Gasteiger partial charge in [0.1, 0.15) is 5.58 Å². The molecule has 2 bridgehead atoms. The molecule has 4 rings (SSSR count).